The molecule has 1 aliphatic rings. The molecule has 1 aromatic heterocycles. The fourth-order valence-corrected chi connectivity index (χ4v) is 1.08. The number of hydrogen-bond donors (Lipinski definition) is 2. The lowest BCUT2D eigenvalue weighted by Crippen LogP contribution is -2.27. The quantitative estimate of drug-likeness (QED) is 0.731. The number of carboxylic acids is 1. The van der Waals surface area contributed by atoms with Gasteiger partial charge in [-0.05, 0) is 18.9 Å². The molecule has 2 rings (SSSR count). The van der Waals surface area contributed by atoms with E-state index in [-0.39, 0.29) is 23.5 Å². The van der Waals surface area contributed by atoms with E-state index < -0.39 is 5.97 Å². The van der Waals surface area contributed by atoms with Crippen molar-refractivity contribution in [1.82, 2.24) is 15.3 Å². The van der Waals surface area contributed by atoms with Crippen LogP contribution >= 0.6 is 0 Å². The molecule has 1 aromatic rings. The van der Waals surface area contributed by atoms with Crippen molar-refractivity contribution in [2.75, 3.05) is 0 Å². The van der Waals surface area contributed by atoms with E-state index in [2.05, 4.69) is 15.3 Å². The maximum atomic E-state index is 11.5. The SMILES string of the molecule is O=C(NC1CC1)c1ccnc(C(=O)O)n1. The van der Waals surface area contributed by atoms with Crippen molar-refractivity contribution in [3.8, 4) is 0 Å². The maximum Gasteiger partial charge on any atom is 0.373 e. The number of hydrogen-bond acceptors (Lipinski definition) is 4. The first-order chi connectivity index (χ1) is 7.16. The molecule has 6 nitrogen and oxygen atoms in total. The number of nitrogens with one attached hydrogen (secondary N) is 1. The van der Waals surface area contributed by atoms with Crippen molar-refractivity contribution in [2.45, 2.75) is 18.9 Å². The van der Waals surface area contributed by atoms with E-state index in [0.29, 0.717) is 0 Å². The summed E-state index contributed by atoms with van der Waals surface area (Å²) in [4.78, 5) is 29.2. The Hall–Kier alpha value is -1.98. The number of amides is 1. The topological polar surface area (TPSA) is 92.2 Å². The molecule has 0 aliphatic heterocycles. The van der Waals surface area contributed by atoms with Crippen LogP contribution in [0.5, 0.6) is 0 Å². The van der Waals surface area contributed by atoms with Gasteiger partial charge in [-0.3, -0.25) is 4.79 Å². The molecule has 0 bridgehead atoms. The van der Waals surface area contributed by atoms with Crippen molar-refractivity contribution in [1.29, 1.82) is 0 Å². The van der Waals surface area contributed by atoms with Gasteiger partial charge in [-0.2, -0.15) is 0 Å². The van der Waals surface area contributed by atoms with Crippen molar-refractivity contribution >= 4 is 11.9 Å². The minimum Gasteiger partial charge on any atom is -0.475 e. The summed E-state index contributed by atoms with van der Waals surface area (Å²) < 4.78 is 0. The molecule has 0 saturated heterocycles. The molecule has 1 fully saturated rings. The van der Waals surface area contributed by atoms with Crippen LogP contribution in [0.4, 0.5) is 0 Å². The second-order valence-corrected chi connectivity index (χ2v) is 3.32. The average molecular weight is 207 g/mol. The molecule has 1 saturated carbocycles. The van der Waals surface area contributed by atoms with E-state index in [1.807, 2.05) is 0 Å². The van der Waals surface area contributed by atoms with Gasteiger partial charge in [-0.25, -0.2) is 14.8 Å². The van der Waals surface area contributed by atoms with E-state index >= 15 is 0 Å². The van der Waals surface area contributed by atoms with E-state index in [0.717, 1.165) is 12.8 Å². The number of nitrogens with zero attached hydrogens (tertiary/aromatic N) is 2. The highest BCUT2D eigenvalue weighted by molar-refractivity contribution is 5.93. The first-order valence-electron chi connectivity index (χ1n) is 4.54. The molecule has 0 unspecified atom stereocenters. The third kappa shape index (κ3) is 2.28. The van der Waals surface area contributed by atoms with Crippen LogP contribution in [-0.4, -0.2) is 33.0 Å². The average Bonchev–Trinajstić information content (AvgIpc) is 3.02. The first kappa shape index (κ1) is 9.57. The molecule has 0 atom stereocenters. The monoisotopic (exact) mass is 207 g/mol. The van der Waals surface area contributed by atoms with Gasteiger partial charge in [0, 0.05) is 12.2 Å². The van der Waals surface area contributed by atoms with E-state index in [9.17, 15) is 9.59 Å². The molecule has 0 spiro atoms. The zero-order valence-corrected chi connectivity index (χ0v) is 7.80. The summed E-state index contributed by atoms with van der Waals surface area (Å²) >= 11 is 0. The number of aromatic nitrogens is 2. The molecule has 1 amide bonds. The highest BCUT2D eigenvalue weighted by Gasteiger charge is 2.24. The normalized spacial score (nSPS) is 14.7. The van der Waals surface area contributed by atoms with Crippen molar-refractivity contribution in [3.05, 3.63) is 23.8 Å². The molecule has 1 heterocycles. The van der Waals surface area contributed by atoms with Gasteiger partial charge in [-0.1, -0.05) is 0 Å². The largest absolute Gasteiger partial charge is 0.475 e. The van der Waals surface area contributed by atoms with Gasteiger partial charge >= 0.3 is 5.97 Å². The smallest absolute Gasteiger partial charge is 0.373 e. The second kappa shape index (κ2) is 3.64. The van der Waals surface area contributed by atoms with Crippen LogP contribution in [0.15, 0.2) is 12.3 Å². The summed E-state index contributed by atoms with van der Waals surface area (Å²) in [7, 11) is 0. The van der Waals surface area contributed by atoms with Gasteiger partial charge in [0.05, 0.1) is 0 Å². The van der Waals surface area contributed by atoms with Gasteiger partial charge in [0.25, 0.3) is 5.91 Å². The zero-order valence-electron chi connectivity index (χ0n) is 7.80. The lowest BCUT2D eigenvalue weighted by atomic mass is 10.3. The third-order valence-corrected chi connectivity index (χ3v) is 1.99. The first-order valence-corrected chi connectivity index (χ1v) is 4.54. The van der Waals surface area contributed by atoms with Crippen molar-refractivity contribution < 1.29 is 14.7 Å². The molecule has 1 aliphatic carbocycles. The fourth-order valence-electron chi connectivity index (χ4n) is 1.08. The van der Waals surface area contributed by atoms with Gasteiger partial charge in [-0.15, -0.1) is 0 Å². The molecule has 78 valence electrons. The van der Waals surface area contributed by atoms with Crippen LogP contribution in [-0.2, 0) is 0 Å². The number of carbonyl (C=O) groups is 2. The van der Waals surface area contributed by atoms with Crippen molar-refractivity contribution in [2.24, 2.45) is 0 Å². The molecule has 2 N–H and O–H groups in total. The van der Waals surface area contributed by atoms with Crippen LogP contribution < -0.4 is 5.32 Å². The van der Waals surface area contributed by atoms with Gasteiger partial charge in [0.15, 0.2) is 0 Å². The number of carbonyl (C=O) groups excluding carboxylic acids is 1. The third-order valence-electron chi connectivity index (χ3n) is 1.99. The van der Waals surface area contributed by atoms with Gasteiger partial charge in [0.2, 0.25) is 5.82 Å². The summed E-state index contributed by atoms with van der Waals surface area (Å²) in [6, 6.07) is 1.62. The Bertz CT molecular complexity index is 415. The molecular weight excluding hydrogens is 198 g/mol. The van der Waals surface area contributed by atoms with E-state index in [4.69, 9.17) is 5.11 Å². The summed E-state index contributed by atoms with van der Waals surface area (Å²) in [5, 5.41) is 11.3. The molecule has 6 heteroatoms. The number of rotatable bonds is 3. The highest BCUT2D eigenvalue weighted by atomic mass is 16.4. The standard InChI is InChI=1S/C9H9N3O3/c13-8(11-5-1-2-5)6-3-4-10-7(12-6)9(14)15/h3-5H,1-2H2,(H,11,13)(H,14,15). The van der Waals surface area contributed by atoms with E-state index in [1.54, 1.807) is 0 Å². The lowest BCUT2D eigenvalue weighted by molar-refractivity contribution is 0.0683. The molecule has 15 heavy (non-hydrogen) atoms. The molecule has 0 aromatic carbocycles. The molecular formula is C9H9N3O3. The van der Waals surface area contributed by atoms with Crippen LogP contribution in [0.25, 0.3) is 0 Å². The Labute approximate surface area is 85.4 Å². The Kier molecular flexibility index (Phi) is 2.32. The highest BCUT2D eigenvalue weighted by Crippen LogP contribution is 2.18. The van der Waals surface area contributed by atoms with Crippen molar-refractivity contribution in [3.63, 3.8) is 0 Å². The Morgan fingerprint density at radius 1 is 1.47 bits per heavy atom. The van der Waals surface area contributed by atoms with Crippen LogP contribution in [0.1, 0.15) is 33.9 Å². The Morgan fingerprint density at radius 2 is 2.20 bits per heavy atom. The second-order valence-electron chi connectivity index (χ2n) is 3.32. The van der Waals surface area contributed by atoms with Crippen LogP contribution in [0.2, 0.25) is 0 Å². The summed E-state index contributed by atoms with van der Waals surface area (Å²) in [5.41, 5.74) is 0.0919. The number of carboxylic acid groups (broad SMARTS) is 1. The minimum atomic E-state index is -1.24. The predicted octanol–water partition coefficient (Wildman–Crippen LogP) is 0.0670. The predicted molar refractivity (Wildman–Crippen MR) is 49.5 cm³/mol. The summed E-state index contributed by atoms with van der Waals surface area (Å²) in [5.74, 6) is -1.95. The Balaban J connectivity index is 2.15. The summed E-state index contributed by atoms with van der Waals surface area (Å²) in [6.45, 7) is 0. The minimum absolute atomic E-state index is 0.0919. The van der Waals surface area contributed by atoms with E-state index in [1.165, 1.54) is 12.3 Å². The van der Waals surface area contributed by atoms with Crippen LogP contribution in [0, 0.1) is 0 Å². The zero-order chi connectivity index (χ0) is 10.8. The van der Waals surface area contributed by atoms with Gasteiger partial charge < -0.3 is 10.4 Å². The van der Waals surface area contributed by atoms with Gasteiger partial charge in [0.1, 0.15) is 5.69 Å². The number of aromatic carboxylic acids is 1. The Morgan fingerprint density at radius 3 is 2.80 bits per heavy atom. The summed E-state index contributed by atoms with van der Waals surface area (Å²) in [6.07, 6.45) is 3.21. The fraction of sp³-hybridized carbons (Fsp3) is 0.333. The molecule has 0 radical (unpaired) electrons. The maximum absolute atomic E-state index is 11.5. The lowest BCUT2D eigenvalue weighted by Gasteiger charge is -2.02. The van der Waals surface area contributed by atoms with Crippen LogP contribution in [0.3, 0.4) is 0 Å².